The molecule has 0 bridgehead atoms. The Morgan fingerprint density at radius 2 is 1.92 bits per heavy atom. The fraction of sp³-hybridized carbons (Fsp3) is 0.235. The molecule has 3 rings (SSSR count). The van der Waals surface area contributed by atoms with Gasteiger partial charge in [0.15, 0.2) is 9.84 Å². The lowest BCUT2D eigenvalue weighted by Crippen LogP contribution is -2.30. The van der Waals surface area contributed by atoms with Gasteiger partial charge in [0, 0.05) is 27.5 Å². The molecule has 126 valence electrons. The molecule has 1 aliphatic heterocycles. The van der Waals surface area contributed by atoms with Gasteiger partial charge in [0.1, 0.15) is 0 Å². The number of thioether (sulfide) groups is 1. The third-order valence-corrected chi connectivity index (χ3v) is 6.35. The minimum absolute atomic E-state index is 0.0953. The van der Waals surface area contributed by atoms with Crippen molar-refractivity contribution in [1.82, 2.24) is 5.32 Å². The van der Waals surface area contributed by atoms with E-state index in [1.807, 2.05) is 18.2 Å². The summed E-state index contributed by atoms with van der Waals surface area (Å²) in [6.07, 6.45) is 1.97. The predicted octanol–water partition coefficient (Wildman–Crippen LogP) is 3.71. The standard InChI is InChI=1S/C17H16ClNO3S2/c1-24(21,22)13-5-2-11(3-6-13)17(20)19-15-8-9-23-16-7-4-12(18)10-14(15)16/h2-7,10,15H,8-9H2,1H3,(H,19,20)/t15-/m0/s1. The molecule has 4 nitrogen and oxygen atoms in total. The number of carbonyl (C=O) groups excluding carboxylic acids is 1. The first-order valence-corrected chi connectivity index (χ1v) is 10.6. The molecule has 2 aromatic carbocycles. The topological polar surface area (TPSA) is 63.2 Å². The minimum Gasteiger partial charge on any atom is -0.345 e. The van der Waals surface area contributed by atoms with Gasteiger partial charge in [0.2, 0.25) is 0 Å². The minimum atomic E-state index is -3.27. The number of rotatable bonds is 3. The quantitative estimate of drug-likeness (QED) is 0.880. The number of hydrogen-bond donors (Lipinski definition) is 1. The van der Waals surface area contributed by atoms with Crippen LogP contribution in [0.25, 0.3) is 0 Å². The smallest absolute Gasteiger partial charge is 0.251 e. The van der Waals surface area contributed by atoms with E-state index in [4.69, 9.17) is 11.6 Å². The van der Waals surface area contributed by atoms with Gasteiger partial charge in [-0.2, -0.15) is 0 Å². The molecular weight excluding hydrogens is 366 g/mol. The molecule has 0 radical (unpaired) electrons. The Morgan fingerprint density at radius 1 is 1.21 bits per heavy atom. The summed E-state index contributed by atoms with van der Waals surface area (Å²) < 4.78 is 23.0. The molecule has 1 aliphatic rings. The van der Waals surface area contributed by atoms with Gasteiger partial charge in [-0.1, -0.05) is 11.6 Å². The van der Waals surface area contributed by atoms with E-state index in [0.29, 0.717) is 10.6 Å². The molecule has 0 fully saturated rings. The van der Waals surface area contributed by atoms with Crippen LogP contribution in [0.1, 0.15) is 28.4 Å². The van der Waals surface area contributed by atoms with Gasteiger partial charge >= 0.3 is 0 Å². The highest BCUT2D eigenvalue weighted by Gasteiger charge is 2.23. The number of sulfone groups is 1. The molecule has 0 aromatic heterocycles. The van der Waals surface area contributed by atoms with Gasteiger partial charge in [0.05, 0.1) is 10.9 Å². The van der Waals surface area contributed by atoms with Crippen LogP contribution >= 0.6 is 23.4 Å². The van der Waals surface area contributed by atoms with Crippen molar-refractivity contribution in [1.29, 1.82) is 0 Å². The van der Waals surface area contributed by atoms with Gasteiger partial charge in [-0.15, -0.1) is 11.8 Å². The summed E-state index contributed by atoms with van der Waals surface area (Å²) in [6, 6.07) is 11.6. The van der Waals surface area contributed by atoms with Crippen LogP contribution in [0, 0.1) is 0 Å². The van der Waals surface area contributed by atoms with Crippen LogP contribution in [-0.2, 0) is 9.84 Å². The average molecular weight is 382 g/mol. The zero-order valence-electron chi connectivity index (χ0n) is 13.0. The molecule has 0 saturated carbocycles. The largest absolute Gasteiger partial charge is 0.345 e. The normalized spacial score (nSPS) is 17.2. The Hall–Kier alpha value is -1.50. The summed E-state index contributed by atoms with van der Waals surface area (Å²) in [5, 5.41) is 3.66. The molecule has 1 atom stereocenters. The Kier molecular flexibility index (Phi) is 4.90. The lowest BCUT2D eigenvalue weighted by atomic mass is 10.0. The van der Waals surface area contributed by atoms with Crippen LogP contribution in [-0.4, -0.2) is 26.3 Å². The maximum absolute atomic E-state index is 12.5. The second kappa shape index (κ2) is 6.78. The monoisotopic (exact) mass is 381 g/mol. The number of nitrogens with one attached hydrogen (secondary N) is 1. The molecule has 7 heteroatoms. The first kappa shape index (κ1) is 17.3. The lowest BCUT2D eigenvalue weighted by Gasteiger charge is -2.26. The van der Waals surface area contributed by atoms with Crippen molar-refractivity contribution < 1.29 is 13.2 Å². The van der Waals surface area contributed by atoms with Gasteiger partial charge in [-0.25, -0.2) is 8.42 Å². The zero-order chi connectivity index (χ0) is 17.3. The van der Waals surface area contributed by atoms with Crippen LogP contribution in [0.15, 0.2) is 52.3 Å². The number of benzene rings is 2. The van der Waals surface area contributed by atoms with E-state index >= 15 is 0 Å². The summed E-state index contributed by atoms with van der Waals surface area (Å²) in [7, 11) is -3.27. The highest BCUT2D eigenvalue weighted by molar-refractivity contribution is 7.99. The fourth-order valence-corrected chi connectivity index (χ4v) is 4.53. The number of fused-ring (bicyclic) bond motifs is 1. The fourth-order valence-electron chi connectivity index (χ4n) is 2.61. The average Bonchev–Trinajstić information content (AvgIpc) is 2.54. The van der Waals surface area contributed by atoms with E-state index < -0.39 is 9.84 Å². The van der Waals surface area contributed by atoms with Crippen molar-refractivity contribution >= 4 is 39.1 Å². The van der Waals surface area contributed by atoms with E-state index in [9.17, 15) is 13.2 Å². The van der Waals surface area contributed by atoms with E-state index in [0.717, 1.165) is 28.9 Å². The molecular formula is C17H16ClNO3S2. The van der Waals surface area contributed by atoms with Gasteiger partial charge in [-0.05, 0) is 54.4 Å². The first-order valence-electron chi connectivity index (χ1n) is 7.38. The lowest BCUT2D eigenvalue weighted by molar-refractivity contribution is 0.0935. The Bertz CT molecular complexity index is 879. The first-order chi connectivity index (χ1) is 11.3. The predicted molar refractivity (Wildman–Crippen MR) is 96.6 cm³/mol. The summed E-state index contributed by atoms with van der Waals surface area (Å²) in [4.78, 5) is 13.8. The Morgan fingerprint density at radius 3 is 2.58 bits per heavy atom. The van der Waals surface area contributed by atoms with E-state index in [1.54, 1.807) is 11.8 Å². The molecule has 0 saturated heterocycles. The SMILES string of the molecule is CS(=O)(=O)c1ccc(C(=O)N[C@H]2CCSc3ccc(Cl)cc32)cc1. The van der Waals surface area contributed by atoms with Gasteiger partial charge < -0.3 is 5.32 Å². The molecule has 2 aromatic rings. The highest BCUT2D eigenvalue weighted by atomic mass is 35.5. The molecule has 1 amide bonds. The summed E-state index contributed by atoms with van der Waals surface area (Å²) in [5.74, 6) is 0.699. The number of hydrogen-bond acceptors (Lipinski definition) is 4. The number of amides is 1. The molecule has 1 N–H and O–H groups in total. The molecule has 0 spiro atoms. The van der Waals surface area contributed by atoms with Crippen molar-refractivity contribution in [3.63, 3.8) is 0 Å². The van der Waals surface area contributed by atoms with Crippen LogP contribution in [0.4, 0.5) is 0 Å². The maximum Gasteiger partial charge on any atom is 0.251 e. The van der Waals surface area contributed by atoms with Crippen LogP contribution in [0.2, 0.25) is 5.02 Å². The van der Waals surface area contributed by atoms with Crippen LogP contribution in [0.5, 0.6) is 0 Å². The summed E-state index contributed by atoms with van der Waals surface area (Å²) in [5.41, 5.74) is 1.46. The molecule has 0 aliphatic carbocycles. The Balaban J connectivity index is 1.80. The third-order valence-electron chi connectivity index (χ3n) is 3.86. The van der Waals surface area contributed by atoms with Crippen molar-refractivity contribution in [2.24, 2.45) is 0 Å². The van der Waals surface area contributed by atoms with E-state index in [1.165, 1.54) is 24.3 Å². The van der Waals surface area contributed by atoms with Crippen molar-refractivity contribution in [2.45, 2.75) is 22.3 Å². The Labute approximate surface area is 150 Å². The van der Waals surface area contributed by atoms with Crippen LogP contribution < -0.4 is 5.32 Å². The second-order valence-corrected chi connectivity index (χ2v) is 9.23. The van der Waals surface area contributed by atoms with E-state index in [2.05, 4.69) is 5.32 Å². The van der Waals surface area contributed by atoms with Crippen molar-refractivity contribution in [3.05, 3.63) is 58.6 Å². The van der Waals surface area contributed by atoms with Crippen molar-refractivity contribution in [3.8, 4) is 0 Å². The zero-order valence-corrected chi connectivity index (χ0v) is 15.3. The third kappa shape index (κ3) is 3.77. The van der Waals surface area contributed by atoms with Gasteiger partial charge in [0.25, 0.3) is 5.91 Å². The highest BCUT2D eigenvalue weighted by Crippen LogP contribution is 2.37. The molecule has 1 heterocycles. The van der Waals surface area contributed by atoms with Crippen LogP contribution in [0.3, 0.4) is 0 Å². The summed E-state index contributed by atoms with van der Waals surface area (Å²) >= 11 is 7.83. The van der Waals surface area contributed by atoms with Gasteiger partial charge in [-0.3, -0.25) is 4.79 Å². The number of halogens is 1. The van der Waals surface area contributed by atoms with Crippen molar-refractivity contribution in [2.75, 3.05) is 12.0 Å². The molecule has 0 unspecified atom stereocenters. The maximum atomic E-state index is 12.5. The summed E-state index contributed by atoms with van der Waals surface area (Å²) in [6.45, 7) is 0. The molecule has 24 heavy (non-hydrogen) atoms. The van der Waals surface area contributed by atoms with E-state index in [-0.39, 0.29) is 16.8 Å². The number of carbonyl (C=O) groups is 1. The second-order valence-electron chi connectivity index (χ2n) is 5.64.